The third-order valence-electron chi connectivity index (χ3n) is 3.05. The minimum atomic E-state index is -1.00. The normalized spacial score (nSPS) is 10.4. The first-order chi connectivity index (χ1) is 10.1. The van der Waals surface area contributed by atoms with Crippen LogP contribution in [0.3, 0.4) is 0 Å². The van der Waals surface area contributed by atoms with Gasteiger partial charge in [0.1, 0.15) is 17.1 Å². The molecule has 0 fully saturated rings. The number of halogens is 1. The van der Waals surface area contributed by atoms with Crippen LogP contribution in [0.2, 0.25) is 5.02 Å². The second-order valence-electron chi connectivity index (χ2n) is 4.35. The van der Waals surface area contributed by atoms with Crippen LogP contribution in [0.5, 0.6) is 11.5 Å². The summed E-state index contributed by atoms with van der Waals surface area (Å²) in [6.45, 7) is 2.00. The minimum absolute atomic E-state index is 0.179. The van der Waals surface area contributed by atoms with Gasteiger partial charge in [0, 0.05) is 9.92 Å². The van der Waals surface area contributed by atoms with Crippen molar-refractivity contribution in [3.63, 3.8) is 0 Å². The van der Waals surface area contributed by atoms with Gasteiger partial charge in [0.25, 0.3) is 0 Å². The van der Waals surface area contributed by atoms with Crippen LogP contribution in [0.4, 0.5) is 0 Å². The van der Waals surface area contributed by atoms with E-state index in [9.17, 15) is 9.90 Å². The molecule has 0 bridgehead atoms. The molecular formula is C16H15ClO3S. The summed E-state index contributed by atoms with van der Waals surface area (Å²) in [5.41, 5.74) is 1.14. The zero-order valence-electron chi connectivity index (χ0n) is 11.7. The smallest absolute Gasteiger partial charge is 0.340 e. The van der Waals surface area contributed by atoms with Crippen molar-refractivity contribution in [2.45, 2.75) is 18.2 Å². The van der Waals surface area contributed by atoms with Crippen molar-refractivity contribution in [2.24, 2.45) is 0 Å². The van der Waals surface area contributed by atoms with Crippen LogP contribution in [0.1, 0.15) is 22.8 Å². The molecule has 0 spiro atoms. The summed E-state index contributed by atoms with van der Waals surface area (Å²) >= 11 is 7.45. The lowest BCUT2D eigenvalue weighted by atomic mass is 10.1. The van der Waals surface area contributed by atoms with Crippen molar-refractivity contribution in [2.75, 3.05) is 6.26 Å². The van der Waals surface area contributed by atoms with Crippen molar-refractivity contribution in [3.05, 3.63) is 52.5 Å². The number of ether oxygens (including phenoxy) is 1. The highest BCUT2D eigenvalue weighted by Gasteiger charge is 2.17. The van der Waals surface area contributed by atoms with E-state index in [0.29, 0.717) is 21.4 Å². The van der Waals surface area contributed by atoms with E-state index in [4.69, 9.17) is 16.3 Å². The Morgan fingerprint density at radius 3 is 2.71 bits per heavy atom. The number of carboxylic acid groups (broad SMARTS) is 1. The van der Waals surface area contributed by atoms with Crippen LogP contribution in [0, 0.1) is 0 Å². The molecule has 5 heteroatoms. The number of hydrogen-bond donors (Lipinski definition) is 1. The molecule has 0 unspecified atom stereocenters. The summed E-state index contributed by atoms with van der Waals surface area (Å²) in [6, 6.07) is 10.5. The van der Waals surface area contributed by atoms with E-state index in [0.717, 1.165) is 12.0 Å². The SMILES string of the molecule is CCc1cc(Oc2cccc(SC)c2C(=O)O)ccc1Cl. The number of aryl methyl sites for hydroxylation is 1. The van der Waals surface area contributed by atoms with Gasteiger partial charge in [-0.05, 0) is 48.6 Å². The Morgan fingerprint density at radius 1 is 1.33 bits per heavy atom. The van der Waals surface area contributed by atoms with Gasteiger partial charge in [-0.25, -0.2) is 4.79 Å². The van der Waals surface area contributed by atoms with E-state index in [1.807, 2.05) is 19.2 Å². The third-order valence-corrected chi connectivity index (χ3v) is 4.20. The number of thioether (sulfide) groups is 1. The lowest BCUT2D eigenvalue weighted by Crippen LogP contribution is -2.02. The molecule has 2 aromatic carbocycles. The van der Waals surface area contributed by atoms with Gasteiger partial charge >= 0.3 is 5.97 Å². The maximum absolute atomic E-state index is 11.5. The number of rotatable bonds is 5. The molecule has 0 saturated carbocycles. The van der Waals surface area contributed by atoms with Crippen molar-refractivity contribution in [1.82, 2.24) is 0 Å². The van der Waals surface area contributed by atoms with Gasteiger partial charge in [-0.2, -0.15) is 0 Å². The van der Waals surface area contributed by atoms with Crippen LogP contribution in [0.15, 0.2) is 41.3 Å². The van der Waals surface area contributed by atoms with E-state index >= 15 is 0 Å². The quantitative estimate of drug-likeness (QED) is 0.776. The number of hydrogen-bond acceptors (Lipinski definition) is 3. The van der Waals surface area contributed by atoms with Crippen LogP contribution < -0.4 is 4.74 Å². The maximum Gasteiger partial charge on any atom is 0.340 e. The van der Waals surface area contributed by atoms with Gasteiger partial charge in [0.05, 0.1) is 0 Å². The van der Waals surface area contributed by atoms with Gasteiger partial charge < -0.3 is 9.84 Å². The molecule has 0 amide bonds. The van der Waals surface area contributed by atoms with Crippen molar-refractivity contribution in [3.8, 4) is 11.5 Å². The monoisotopic (exact) mass is 322 g/mol. The Morgan fingerprint density at radius 2 is 2.10 bits per heavy atom. The van der Waals surface area contributed by atoms with Crippen LogP contribution in [0.25, 0.3) is 0 Å². The molecule has 2 aromatic rings. The topological polar surface area (TPSA) is 46.5 Å². The number of aromatic carboxylic acids is 1. The highest BCUT2D eigenvalue weighted by Crippen LogP contribution is 2.33. The van der Waals surface area contributed by atoms with Crippen molar-refractivity contribution in [1.29, 1.82) is 0 Å². The van der Waals surface area contributed by atoms with E-state index in [-0.39, 0.29) is 5.56 Å². The zero-order chi connectivity index (χ0) is 15.4. The highest BCUT2D eigenvalue weighted by atomic mass is 35.5. The van der Waals surface area contributed by atoms with Crippen molar-refractivity contribution >= 4 is 29.3 Å². The number of carboxylic acids is 1. The summed E-state index contributed by atoms with van der Waals surface area (Å²) in [4.78, 5) is 12.1. The summed E-state index contributed by atoms with van der Waals surface area (Å²) in [6.07, 6.45) is 2.62. The lowest BCUT2D eigenvalue weighted by molar-refractivity contribution is 0.0690. The fourth-order valence-corrected chi connectivity index (χ4v) is 2.85. The molecule has 0 saturated heterocycles. The minimum Gasteiger partial charge on any atom is -0.478 e. The second kappa shape index (κ2) is 6.87. The summed E-state index contributed by atoms with van der Waals surface area (Å²) in [5, 5.41) is 10.1. The first-order valence-corrected chi connectivity index (χ1v) is 8.03. The van der Waals surface area contributed by atoms with Gasteiger partial charge in [0.2, 0.25) is 0 Å². The Kier molecular flexibility index (Phi) is 5.15. The molecule has 0 aliphatic carbocycles. The predicted molar refractivity (Wildman–Crippen MR) is 86.1 cm³/mol. The van der Waals surface area contributed by atoms with E-state index in [1.54, 1.807) is 30.3 Å². The van der Waals surface area contributed by atoms with Crippen LogP contribution >= 0.6 is 23.4 Å². The Hall–Kier alpha value is -1.65. The van der Waals surface area contributed by atoms with Crippen molar-refractivity contribution < 1.29 is 14.6 Å². The molecule has 0 radical (unpaired) electrons. The summed E-state index contributed by atoms with van der Waals surface area (Å²) in [5.74, 6) is -0.0876. The molecule has 21 heavy (non-hydrogen) atoms. The average molecular weight is 323 g/mol. The molecule has 0 heterocycles. The zero-order valence-corrected chi connectivity index (χ0v) is 13.3. The summed E-state index contributed by atoms with van der Waals surface area (Å²) in [7, 11) is 0. The molecule has 0 aromatic heterocycles. The fraction of sp³-hybridized carbons (Fsp3) is 0.188. The molecule has 0 aliphatic rings. The maximum atomic E-state index is 11.5. The first kappa shape index (κ1) is 15.7. The van der Waals surface area contributed by atoms with Crippen LogP contribution in [-0.4, -0.2) is 17.3 Å². The first-order valence-electron chi connectivity index (χ1n) is 6.43. The Labute approximate surface area is 132 Å². The van der Waals surface area contributed by atoms with Crippen LogP contribution in [-0.2, 0) is 6.42 Å². The van der Waals surface area contributed by atoms with Gasteiger partial charge in [-0.15, -0.1) is 11.8 Å². The molecule has 1 N–H and O–H groups in total. The van der Waals surface area contributed by atoms with E-state index in [1.165, 1.54) is 11.8 Å². The Bertz CT molecular complexity index is 671. The molecule has 3 nitrogen and oxygen atoms in total. The molecule has 0 aliphatic heterocycles. The standard InChI is InChI=1S/C16H15ClO3S/c1-3-10-9-11(7-8-12(10)17)20-13-5-4-6-14(21-2)15(13)16(18)19/h4-9H,3H2,1-2H3,(H,18,19). The third kappa shape index (κ3) is 3.52. The predicted octanol–water partition coefficient (Wildman–Crippen LogP) is 5.11. The molecule has 0 atom stereocenters. The van der Waals surface area contributed by atoms with Gasteiger partial charge in [-0.3, -0.25) is 0 Å². The number of benzene rings is 2. The van der Waals surface area contributed by atoms with E-state index in [2.05, 4.69) is 0 Å². The average Bonchev–Trinajstić information content (AvgIpc) is 2.48. The number of carbonyl (C=O) groups is 1. The highest BCUT2D eigenvalue weighted by molar-refractivity contribution is 7.98. The van der Waals surface area contributed by atoms with Gasteiger partial charge in [-0.1, -0.05) is 24.6 Å². The largest absolute Gasteiger partial charge is 0.478 e. The van der Waals surface area contributed by atoms with Gasteiger partial charge in [0.15, 0.2) is 0 Å². The molecule has 2 rings (SSSR count). The second-order valence-corrected chi connectivity index (χ2v) is 5.60. The lowest BCUT2D eigenvalue weighted by Gasteiger charge is -2.12. The molecular weight excluding hydrogens is 308 g/mol. The van der Waals surface area contributed by atoms with E-state index < -0.39 is 5.97 Å². The summed E-state index contributed by atoms with van der Waals surface area (Å²) < 4.78 is 5.76. The molecule has 110 valence electrons. The Balaban J connectivity index is 2.42. The fourth-order valence-electron chi connectivity index (χ4n) is 1.99.